The minimum atomic E-state index is 0.0623. The number of amides is 1. The molecular weight excluding hydrogens is 262 g/mol. The Kier molecular flexibility index (Phi) is 5.57. The molecule has 0 aliphatic carbocycles. The number of benzene rings is 1. The third kappa shape index (κ3) is 4.40. The van der Waals surface area contributed by atoms with Crippen LogP contribution in [0.5, 0.6) is 5.75 Å². The van der Waals surface area contributed by atoms with Gasteiger partial charge in [-0.2, -0.15) is 0 Å². The number of rotatable bonds is 6. The van der Waals surface area contributed by atoms with Gasteiger partial charge in [-0.3, -0.25) is 4.79 Å². The highest BCUT2D eigenvalue weighted by atomic mass is 32.1. The molecule has 1 rings (SSSR count). The Labute approximate surface area is 118 Å². The predicted octanol–water partition coefficient (Wildman–Crippen LogP) is 1.22. The number of hydrogen-bond donors (Lipinski definition) is 2. The van der Waals surface area contributed by atoms with Gasteiger partial charge in [0.15, 0.2) is 0 Å². The summed E-state index contributed by atoms with van der Waals surface area (Å²) in [4.78, 5) is 13.4. The molecule has 1 aromatic carbocycles. The van der Waals surface area contributed by atoms with Gasteiger partial charge in [0.25, 0.3) is 0 Å². The molecule has 1 amide bonds. The van der Waals surface area contributed by atoms with Crippen LogP contribution in [0.15, 0.2) is 18.2 Å². The predicted molar refractivity (Wildman–Crippen MR) is 80.7 cm³/mol. The van der Waals surface area contributed by atoms with Crippen molar-refractivity contribution in [3.8, 4) is 5.75 Å². The number of nitrogens with zero attached hydrogens (tertiary/aromatic N) is 1. The molecule has 0 atom stereocenters. The molecule has 0 bridgehead atoms. The van der Waals surface area contributed by atoms with E-state index in [9.17, 15) is 4.79 Å². The Morgan fingerprint density at radius 2 is 2.16 bits per heavy atom. The standard InChI is InChI=1S/C13H19N3O2S/c1-16(2)12(17)6-7-15-11-8-9(18-3)4-5-10(11)13(14)19/h4-5,8,15H,6-7H2,1-3H3,(H2,14,19). The first-order valence-electron chi connectivity index (χ1n) is 5.87. The lowest BCUT2D eigenvalue weighted by molar-refractivity contribution is -0.128. The summed E-state index contributed by atoms with van der Waals surface area (Å²) in [6.07, 6.45) is 0.404. The molecule has 0 unspecified atom stereocenters. The fourth-order valence-corrected chi connectivity index (χ4v) is 1.72. The maximum Gasteiger partial charge on any atom is 0.223 e. The molecule has 104 valence electrons. The second-order valence-electron chi connectivity index (χ2n) is 4.24. The molecule has 0 aliphatic heterocycles. The molecule has 0 aromatic heterocycles. The summed E-state index contributed by atoms with van der Waals surface area (Å²) in [5.41, 5.74) is 7.18. The zero-order valence-electron chi connectivity index (χ0n) is 11.4. The maximum atomic E-state index is 11.5. The number of nitrogens with one attached hydrogen (secondary N) is 1. The minimum Gasteiger partial charge on any atom is -0.497 e. The lowest BCUT2D eigenvalue weighted by Gasteiger charge is -2.14. The summed E-state index contributed by atoms with van der Waals surface area (Å²) in [5.74, 6) is 0.772. The van der Waals surface area contributed by atoms with Crippen LogP contribution in [0.3, 0.4) is 0 Å². The molecule has 5 nitrogen and oxygen atoms in total. The number of ether oxygens (including phenoxy) is 1. The Balaban J connectivity index is 2.75. The molecule has 3 N–H and O–H groups in total. The van der Waals surface area contributed by atoms with E-state index in [-0.39, 0.29) is 5.91 Å². The first-order valence-corrected chi connectivity index (χ1v) is 6.28. The van der Waals surface area contributed by atoms with Crippen molar-refractivity contribution in [1.82, 2.24) is 4.90 Å². The monoisotopic (exact) mass is 281 g/mol. The molecule has 0 heterocycles. The van der Waals surface area contributed by atoms with Crippen LogP contribution in [0.4, 0.5) is 5.69 Å². The minimum absolute atomic E-state index is 0.0623. The summed E-state index contributed by atoms with van der Waals surface area (Å²) < 4.78 is 5.16. The Morgan fingerprint density at radius 1 is 1.47 bits per heavy atom. The second kappa shape index (κ2) is 6.94. The van der Waals surface area contributed by atoms with E-state index in [4.69, 9.17) is 22.7 Å². The second-order valence-corrected chi connectivity index (χ2v) is 4.68. The number of nitrogens with two attached hydrogens (primary N) is 1. The normalized spacial score (nSPS) is 9.84. The highest BCUT2D eigenvalue weighted by Crippen LogP contribution is 2.22. The Bertz CT molecular complexity index is 475. The summed E-state index contributed by atoms with van der Waals surface area (Å²) in [5, 5.41) is 3.16. The van der Waals surface area contributed by atoms with Gasteiger partial charge >= 0.3 is 0 Å². The van der Waals surface area contributed by atoms with E-state index in [0.29, 0.717) is 23.7 Å². The van der Waals surface area contributed by atoms with Crippen molar-refractivity contribution >= 4 is 28.8 Å². The first-order chi connectivity index (χ1) is 8.95. The third-order valence-corrected chi connectivity index (χ3v) is 2.87. The smallest absolute Gasteiger partial charge is 0.223 e. The lowest BCUT2D eigenvalue weighted by atomic mass is 10.1. The van der Waals surface area contributed by atoms with Crippen LogP contribution in [-0.2, 0) is 4.79 Å². The number of methoxy groups -OCH3 is 1. The highest BCUT2D eigenvalue weighted by Gasteiger charge is 2.08. The van der Waals surface area contributed by atoms with Crippen molar-refractivity contribution in [3.63, 3.8) is 0 Å². The lowest BCUT2D eigenvalue weighted by Crippen LogP contribution is -2.24. The molecule has 0 radical (unpaired) electrons. The molecule has 1 aromatic rings. The number of carbonyl (C=O) groups is 1. The van der Waals surface area contributed by atoms with Gasteiger partial charge in [-0.05, 0) is 12.1 Å². The fourth-order valence-electron chi connectivity index (χ4n) is 1.54. The van der Waals surface area contributed by atoms with Crippen molar-refractivity contribution in [2.24, 2.45) is 5.73 Å². The fraction of sp³-hybridized carbons (Fsp3) is 0.385. The van der Waals surface area contributed by atoms with Crippen molar-refractivity contribution in [1.29, 1.82) is 0 Å². The SMILES string of the molecule is COc1ccc(C(N)=S)c(NCCC(=O)N(C)C)c1. The number of anilines is 1. The number of thiocarbonyl (C=S) groups is 1. The van der Waals surface area contributed by atoms with Crippen LogP contribution >= 0.6 is 12.2 Å². The van der Waals surface area contributed by atoms with Gasteiger partial charge < -0.3 is 20.7 Å². The summed E-state index contributed by atoms with van der Waals surface area (Å²) in [7, 11) is 5.05. The largest absolute Gasteiger partial charge is 0.497 e. The third-order valence-electron chi connectivity index (χ3n) is 2.65. The van der Waals surface area contributed by atoms with Crippen LogP contribution in [0.1, 0.15) is 12.0 Å². The molecule has 0 saturated carbocycles. The van der Waals surface area contributed by atoms with E-state index >= 15 is 0 Å². The summed E-state index contributed by atoms with van der Waals surface area (Å²) in [6.45, 7) is 0.514. The van der Waals surface area contributed by atoms with Crippen molar-refractivity contribution in [2.75, 3.05) is 33.1 Å². The summed E-state index contributed by atoms with van der Waals surface area (Å²) in [6, 6.07) is 5.41. The van der Waals surface area contributed by atoms with Crippen LogP contribution in [0.2, 0.25) is 0 Å². The molecule has 0 saturated heterocycles. The zero-order chi connectivity index (χ0) is 14.4. The van der Waals surface area contributed by atoms with E-state index in [1.165, 1.54) is 0 Å². The topological polar surface area (TPSA) is 67.6 Å². The van der Waals surface area contributed by atoms with Gasteiger partial charge in [-0.15, -0.1) is 0 Å². The average Bonchev–Trinajstić information content (AvgIpc) is 2.37. The van der Waals surface area contributed by atoms with Crippen molar-refractivity contribution in [3.05, 3.63) is 23.8 Å². The van der Waals surface area contributed by atoms with E-state index < -0.39 is 0 Å². The quantitative estimate of drug-likeness (QED) is 0.767. The van der Waals surface area contributed by atoms with Crippen LogP contribution in [-0.4, -0.2) is 43.5 Å². The van der Waals surface area contributed by atoms with Gasteiger partial charge in [0, 0.05) is 44.4 Å². The van der Waals surface area contributed by atoms with Gasteiger partial charge in [-0.1, -0.05) is 12.2 Å². The van der Waals surface area contributed by atoms with E-state index in [0.717, 1.165) is 11.3 Å². The summed E-state index contributed by atoms with van der Waals surface area (Å²) >= 11 is 4.99. The zero-order valence-corrected chi connectivity index (χ0v) is 12.2. The van der Waals surface area contributed by atoms with Gasteiger partial charge in [0.1, 0.15) is 10.7 Å². The molecule has 19 heavy (non-hydrogen) atoms. The number of hydrogen-bond acceptors (Lipinski definition) is 4. The molecule has 6 heteroatoms. The van der Waals surface area contributed by atoms with Gasteiger partial charge in [0.2, 0.25) is 5.91 Å². The molecule has 0 aliphatic rings. The van der Waals surface area contributed by atoms with E-state index in [2.05, 4.69) is 5.32 Å². The van der Waals surface area contributed by atoms with Crippen molar-refractivity contribution < 1.29 is 9.53 Å². The van der Waals surface area contributed by atoms with E-state index in [1.54, 1.807) is 38.2 Å². The Hall–Kier alpha value is -1.82. The highest BCUT2D eigenvalue weighted by molar-refractivity contribution is 7.80. The number of carbonyl (C=O) groups excluding carboxylic acids is 1. The van der Waals surface area contributed by atoms with Crippen molar-refractivity contribution in [2.45, 2.75) is 6.42 Å². The first kappa shape index (κ1) is 15.2. The van der Waals surface area contributed by atoms with Crippen LogP contribution in [0.25, 0.3) is 0 Å². The molecule has 0 spiro atoms. The maximum absolute atomic E-state index is 11.5. The molecular formula is C13H19N3O2S. The molecule has 0 fully saturated rings. The Morgan fingerprint density at radius 3 is 2.68 bits per heavy atom. The average molecular weight is 281 g/mol. The van der Waals surface area contributed by atoms with Crippen LogP contribution < -0.4 is 15.8 Å². The van der Waals surface area contributed by atoms with Gasteiger partial charge in [0.05, 0.1) is 7.11 Å². The van der Waals surface area contributed by atoms with Gasteiger partial charge in [-0.25, -0.2) is 0 Å². The van der Waals surface area contributed by atoms with Crippen LogP contribution in [0, 0.1) is 0 Å². The van der Waals surface area contributed by atoms with E-state index in [1.807, 2.05) is 6.07 Å².